The number of nitrogens with one attached hydrogen (secondary N) is 1. The molecule has 26 heavy (non-hydrogen) atoms. The van der Waals surface area contributed by atoms with Gasteiger partial charge in [0.25, 0.3) is 0 Å². The van der Waals surface area contributed by atoms with Crippen LogP contribution in [0.4, 0.5) is 5.69 Å². The zero-order valence-corrected chi connectivity index (χ0v) is 15.8. The summed E-state index contributed by atoms with van der Waals surface area (Å²) in [5.74, 6) is 0.616. The maximum atomic E-state index is 12.2. The van der Waals surface area contributed by atoms with E-state index in [1.165, 1.54) is 12.5 Å². The number of nitrogens with zero attached hydrogens (tertiary/aromatic N) is 1. The predicted octanol–water partition coefficient (Wildman–Crippen LogP) is 3.69. The summed E-state index contributed by atoms with van der Waals surface area (Å²) in [5, 5.41) is 2.89. The van der Waals surface area contributed by atoms with Crippen molar-refractivity contribution in [1.82, 2.24) is 4.90 Å². The second-order valence-corrected chi connectivity index (χ2v) is 6.39. The molecule has 1 N–H and O–H groups in total. The van der Waals surface area contributed by atoms with Crippen LogP contribution in [0.2, 0.25) is 0 Å². The molecular weight excluding hydrogens is 328 g/mol. The van der Waals surface area contributed by atoms with Crippen LogP contribution in [-0.2, 0) is 16.1 Å². The number of carbonyl (C=O) groups is 2. The van der Waals surface area contributed by atoms with Crippen LogP contribution in [0.25, 0.3) is 0 Å². The third kappa shape index (κ3) is 5.62. The van der Waals surface area contributed by atoms with E-state index in [9.17, 15) is 9.59 Å². The molecule has 0 unspecified atom stereocenters. The van der Waals surface area contributed by atoms with Crippen LogP contribution in [0.1, 0.15) is 30.0 Å². The number of ether oxygens (including phenoxy) is 1. The van der Waals surface area contributed by atoms with E-state index < -0.39 is 0 Å². The van der Waals surface area contributed by atoms with E-state index in [4.69, 9.17) is 4.74 Å². The highest BCUT2D eigenvalue weighted by molar-refractivity contribution is 5.91. The molecule has 2 amide bonds. The molecule has 5 heteroatoms. The Morgan fingerprint density at radius 3 is 2.31 bits per heavy atom. The molecule has 2 aromatic rings. The van der Waals surface area contributed by atoms with Gasteiger partial charge in [0.2, 0.25) is 11.8 Å². The predicted molar refractivity (Wildman–Crippen MR) is 103 cm³/mol. The van der Waals surface area contributed by atoms with Gasteiger partial charge in [0.05, 0.1) is 7.11 Å². The fourth-order valence-corrected chi connectivity index (χ4v) is 2.58. The number of carbonyl (C=O) groups excluding carboxylic acids is 2. The summed E-state index contributed by atoms with van der Waals surface area (Å²) >= 11 is 0. The molecule has 138 valence electrons. The van der Waals surface area contributed by atoms with Crippen LogP contribution in [0.15, 0.2) is 42.5 Å². The first kappa shape index (κ1) is 19.5. The summed E-state index contributed by atoms with van der Waals surface area (Å²) in [6.45, 7) is 6.40. The standard InChI is InChI=1S/C21H26N2O3/c1-15-5-8-19(13-16(15)2)22-21(25)11-12-23(17(3)24)14-18-6-9-20(26-4)10-7-18/h5-10,13H,11-12,14H2,1-4H3,(H,22,25). The van der Waals surface area contributed by atoms with E-state index >= 15 is 0 Å². The van der Waals surface area contributed by atoms with Gasteiger partial charge in [-0.05, 0) is 54.8 Å². The highest BCUT2D eigenvalue weighted by Gasteiger charge is 2.12. The quantitative estimate of drug-likeness (QED) is 0.825. The lowest BCUT2D eigenvalue weighted by Crippen LogP contribution is -2.31. The Balaban J connectivity index is 1.91. The van der Waals surface area contributed by atoms with Gasteiger partial charge in [0.15, 0.2) is 0 Å². The van der Waals surface area contributed by atoms with Gasteiger partial charge in [0.1, 0.15) is 5.75 Å². The number of amides is 2. The van der Waals surface area contributed by atoms with E-state index in [1.54, 1.807) is 12.0 Å². The van der Waals surface area contributed by atoms with Gasteiger partial charge < -0.3 is 15.0 Å². The summed E-state index contributed by atoms with van der Waals surface area (Å²) in [6, 6.07) is 13.4. The first-order chi connectivity index (χ1) is 12.4. The molecular formula is C21H26N2O3. The van der Waals surface area contributed by atoms with Crippen molar-refractivity contribution in [2.24, 2.45) is 0 Å². The second kappa shape index (κ2) is 9.04. The van der Waals surface area contributed by atoms with E-state index in [0.29, 0.717) is 13.1 Å². The number of aryl methyl sites for hydroxylation is 2. The van der Waals surface area contributed by atoms with Gasteiger partial charge in [-0.3, -0.25) is 9.59 Å². The normalized spacial score (nSPS) is 10.3. The minimum absolute atomic E-state index is 0.0557. The molecule has 0 aliphatic heterocycles. The third-order valence-electron chi connectivity index (χ3n) is 4.38. The monoisotopic (exact) mass is 354 g/mol. The summed E-state index contributed by atoms with van der Waals surface area (Å²) in [7, 11) is 1.62. The number of methoxy groups -OCH3 is 1. The molecule has 0 saturated carbocycles. The Morgan fingerprint density at radius 1 is 1.04 bits per heavy atom. The van der Waals surface area contributed by atoms with E-state index in [0.717, 1.165) is 22.6 Å². The Hall–Kier alpha value is -2.82. The Labute approximate surface area is 155 Å². The molecule has 0 spiro atoms. The van der Waals surface area contributed by atoms with Crippen LogP contribution in [0, 0.1) is 13.8 Å². The fraction of sp³-hybridized carbons (Fsp3) is 0.333. The Morgan fingerprint density at radius 2 is 1.73 bits per heavy atom. The topological polar surface area (TPSA) is 58.6 Å². The fourth-order valence-electron chi connectivity index (χ4n) is 2.58. The lowest BCUT2D eigenvalue weighted by molar-refractivity contribution is -0.129. The molecule has 0 aliphatic rings. The third-order valence-corrected chi connectivity index (χ3v) is 4.38. The first-order valence-corrected chi connectivity index (χ1v) is 8.64. The van der Waals surface area contributed by atoms with Gasteiger partial charge in [-0.1, -0.05) is 18.2 Å². The lowest BCUT2D eigenvalue weighted by Gasteiger charge is -2.21. The molecule has 2 rings (SSSR count). The number of hydrogen-bond acceptors (Lipinski definition) is 3. The molecule has 0 bridgehead atoms. The molecule has 0 atom stereocenters. The average Bonchev–Trinajstić information content (AvgIpc) is 2.62. The number of hydrogen-bond donors (Lipinski definition) is 1. The van der Waals surface area contributed by atoms with Crippen LogP contribution in [0.5, 0.6) is 5.75 Å². The van der Waals surface area contributed by atoms with Gasteiger partial charge >= 0.3 is 0 Å². The van der Waals surface area contributed by atoms with Crippen molar-refractivity contribution >= 4 is 17.5 Å². The molecule has 0 saturated heterocycles. The second-order valence-electron chi connectivity index (χ2n) is 6.39. The van der Waals surface area contributed by atoms with Crippen molar-refractivity contribution in [1.29, 1.82) is 0 Å². The molecule has 0 aliphatic carbocycles. The van der Waals surface area contributed by atoms with E-state index in [1.807, 2.05) is 56.3 Å². The summed E-state index contributed by atoms with van der Waals surface area (Å²) < 4.78 is 5.14. The lowest BCUT2D eigenvalue weighted by atomic mass is 10.1. The van der Waals surface area contributed by atoms with Crippen LogP contribution < -0.4 is 10.1 Å². The van der Waals surface area contributed by atoms with Crippen LogP contribution >= 0.6 is 0 Å². The van der Waals surface area contributed by atoms with Crippen molar-refractivity contribution in [2.75, 3.05) is 19.0 Å². The van der Waals surface area contributed by atoms with Gasteiger partial charge in [-0.2, -0.15) is 0 Å². The van der Waals surface area contributed by atoms with Gasteiger partial charge in [-0.15, -0.1) is 0 Å². The van der Waals surface area contributed by atoms with E-state index in [2.05, 4.69) is 5.32 Å². The van der Waals surface area contributed by atoms with Crippen molar-refractivity contribution in [3.63, 3.8) is 0 Å². The number of benzene rings is 2. The molecule has 0 heterocycles. The molecule has 0 aromatic heterocycles. The first-order valence-electron chi connectivity index (χ1n) is 8.64. The van der Waals surface area contributed by atoms with Crippen LogP contribution in [-0.4, -0.2) is 30.4 Å². The minimum atomic E-state index is -0.103. The Bertz CT molecular complexity index is 769. The van der Waals surface area contributed by atoms with Gasteiger partial charge in [0, 0.05) is 32.1 Å². The smallest absolute Gasteiger partial charge is 0.226 e. The minimum Gasteiger partial charge on any atom is -0.497 e. The largest absolute Gasteiger partial charge is 0.497 e. The zero-order valence-electron chi connectivity index (χ0n) is 15.8. The number of rotatable bonds is 7. The van der Waals surface area contributed by atoms with E-state index in [-0.39, 0.29) is 18.2 Å². The molecule has 0 radical (unpaired) electrons. The molecule has 2 aromatic carbocycles. The molecule has 0 fully saturated rings. The SMILES string of the molecule is COc1ccc(CN(CCC(=O)Nc2ccc(C)c(C)c2)C(C)=O)cc1. The van der Waals surface area contributed by atoms with Crippen molar-refractivity contribution in [3.05, 3.63) is 59.2 Å². The summed E-state index contributed by atoms with van der Waals surface area (Å²) in [6.07, 6.45) is 0.253. The Kier molecular flexibility index (Phi) is 6.78. The average molecular weight is 354 g/mol. The highest BCUT2D eigenvalue weighted by Crippen LogP contribution is 2.15. The van der Waals surface area contributed by atoms with Crippen molar-refractivity contribution in [3.8, 4) is 5.75 Å². The maximum absolute atomic E-state index is 12.2. The number of anilines is 1. The van der Waals surface area contributed by atoms with Crippen LogP contribution in [0.3, 0.4) is 0 Å². The summed E-state index contributed by atoms with van der Waals surface area (Å²) in [4.78, 5) is 25.8. The summed E-state index contributed by atoms with van der Waals surface area (Å²) in [5.41, 5.74) is 4.09. The zero-order chi connectivity index (χ0) is 19.1. The molecule has 5 nitrogen and oxygen atoms in total. The highest BCUT2D eigenvalue weighted by atomic mass is 16.5. The van der Waals surface area contributed by atoms with Crippen molar-refractivity contribution < 1.29 is 14.3 Å². The van der Waals surface area contributed by atoms with Crippen molar-refractivity contribution in [2.45, 2.75) is 33.7 Å². The maximum Gasteiger partial charge on any atom is 0.226 e. The van der Waals surface area contributed by atoms with Gasteiger partial charge in [-0.25, -0.2) is 0 Å².